The number of halogens is 1. The normalized spacial score (nSPS) is 29.7. The fourth-order valence-corrected chi connectivity index (χ4v) is 4.57. The Morgan fingerprint density at radius 2 is 1.86 bits per heavy atom. The topological polar surface area (TPSA) is 35.6 Å². The van der Waals surface area contributed by atoms with Crippen LogP contribution in [0.15, 0.2) is 0 Å². The zero-order valence-electron chi connectivity index (χ0n) is 13.9. The minimum Gasteiger partial charge on any atom is -0.339 e. The van der Waals surface area contributed by atoms with Crippen molar-refractivity contribution in [1.29, 1.82) is 0 Å². The first kappa shape index (κ1) is 18.0. The molecule has 1 N–H and O–H groups in total. The van der Waals surface area contributed by atoms with E-state index in [1.165, 1.54) is 45.1 Å². The first-order valence-corrected chi connectivity index (χ1v) is 9.00. The lowest BCUT2D eigenvalue weighted by molar-refractivity contribution is -0.135. The second kappa shape index (κ2) is 8.51. The van der Waals surface area contributed by atoms with Gasteiger partial charge in [-0.25, -0.2) is 0 Å². The van der Waals surface area contributed by atoms with Gasteiger partial charge in [0.15, 0.2) is 0 Å². The number of fused-ring (bicyclic) bond motifs is 1. The molecule has 2 unspecified atom stereocenters. The van der Waals surface area contributed by atoms with Crippen molar-refractivity contribution in [2.24, 2.45) is 11.8 Å². The average Bonchev–Trinajstić information content (AvgIpc) is 2.96. The lowest BCUT2D eigenvalue weighted by atomic mass is 9.88. The molecule has 3 fully saturated rings. The van der Waals surface area contributed by atoms with Gasteiger partial charge in [-0.2, -0.15) is 0 Å². The Labute approximate surface area is 141 Å². The number of rotatable bonds is 4. The Hall–Kier alpha value is -0.320. The van der Waals surface area contributed by atoms with Crippen LogP contribution < -0.4 is 5.32 Å². The molecule has 0 aromatic heterocycles. The summed E-state index contributed by atoms with van der Waals surface area (Å²) in [6, 6.07) is 0.516. The SMILES string of the molecule is CCN(C(=O)CN1CCC2CNCC2C1)C1CCCCC1.Cl. The first-order chi connectivity index (χ1) is 10.3. The highest BCUT2D eigenvalue weighted by Gasteiger charge is 2.34. The van der Waals surface area contributed by atoms with Crippen molar-refractivity contribution in [1.82, 2.24) is 15.1 Å². The molecule has 0 aromatic carbocycles. The quantitative estimate of drug-likeness (QED) is 0.858. The fourth-order valence-electron chi connectivity index (χ4n) is 4.57. The zero-order valence-corrected chi connectivity index (χ0v) is 14.7. The van der Waals surface area contributed by atoms with Crippen LogP contribution in [0.1, 0.15) is 45.4 Å². The Morgan fingerprint density at radius 3 is 2.59 bits per heavy atom. The maximum atomic E-state index is 12.7. The summed E-state index contributed by atoms with van der Waals surface area (Å²) in [7, 11) is 0. The predicted molar refractivity (Wildman–Crippen MR) is 92.4 cm³/mol. The number of hydrogen-bond donors (Lipinski definition) is 1. The molecule has 2 saturated heterocycles. The van der Waals surface area contributed by atoms with Crippen LogP contribution in [0.5, 0.6) is 0 Å². The molecule has 1 aliphatic carbocycles. The van der Waals surface area contributed by atoms with Gasteiger partial charge in [0.2, 0.25) is 5.91 Å². The van der Waals surface area contributed by atoms with Crippen molar-refractivity contribution in [3.05, 3.63) is 0 Å². The van der Waals surface area contributed by atoms with Crippen molar-refractivity contribution in [2.45, 2.75) is 51.5 Å². The third-order valence-electron chi connectivity index (χ3n) is 5.82. The number of likely N-dealkylation sites (tertiary alicyclic amines) is 1. The van der Waals surface area contributed by atoms with Crippen LogP contribution in [0.3, 0.4) is 0 Å². The van der Waals surface area contributed by atoms with Gasteiger partial charge in [0.05, 0.1) is 6.54 Å². The lowest BCUT2D eigenvalue weighted by Crippen LogP contribution is -2.49. The van der Waals surface area contributed by atoms with E-state index in [1.54, 1.807) is 0 Å². The molecule has 4 nitrogen and oxygen atoms in total. The number of nitrogens with one attached hydrogen (secondary N) is 1. The van der Waals surface area contributed by atoms with Gasteiger partial charge in [0.25, 0.3) is 0 Å². The van der Waals surface area contributed by atoms with E-state index in [-0.39, 0.29) is 12.4 Å². The highest BCUT2D eigenvalue weighted by Crippen LogP contribution is 2.27. The van der Waals surface area contributed by atoms with Crippen LogP contribution in [-0.2, 0) is 4.79 Å². The molecule has 22 heavy (non-hydrogen) atoms. The van der Waals surface area contributed by atoms with E-state index >= 15 is 0 Å². The van der Waals surface area contributed by atoms with Gasteiger partial charge in [-0.1, -0.05) is 19.3 Å². The number of piperidine rings is 1. The minimum atomic E-state index is 0. The van der Waals surface area contributed by atoms with E-state index in [0.717, 1.165) is 38.0 Å². The van der Waals surface area contributed by atoms with Gasteiger partial charge in [-0.15, -0.1) is 12.4 Å². The third-order valence-corrected chi connectivity index (χ3v) is 5.82. The van der Waals surface area contributed by atoms with E-state index < -0.39 is 0 Å². The zero-order chi connectivity index (χ0) is 14.7. The van der Waals surface area contributed by atoms with Crippen LogP contribution in [0.25, 0.3) is 0 Å². The second-order valence-corrected chi connectivity index (χ2v) is 7.17. The Balaban J connectivity index is 0.00000176. The smallest absolute Gasteiger partial charge is 0.236 e. The van der Waals surface area contributed by atoms with E-state index in [9.17, 15) is 4.79 Å². The van der Waals surface area contributed by atoms with Crippen molar-refractivity contribution >= 4 is 18.3 Å². The molecular weight excluding hydrogens is 298 g/mol. The van der Waals surface area contributed by atoms with Crippen molar-refractivity contribution < 1.29 is 4.79 Å². The molecule has 128 valence electrons. The molecule has 3 rings (SSSR count). The summed E-state index contributed by atoms with van der Waals surface area (Å²) in [6.07, 6.45) is 7.65. The summed E-state index contributed by atoms with van der Waals surface area (Å²) in [5, 5.41) is 3.50. The summed E-state index contributed by atoms with van der Waals surface area (Å²) in [6.45, 7) is 8.23. The van der Waals surface area contributed by atoms with Gasteiger partial charge in [-0.3, -0.25) is 9.69 Å². The lowest BCUT2D eigenvalue weighted by Gasteiger charge is -2.38. The molecule has 0 bridgehead atoms. The minimum absolute atomic E-state index is 0. The van der Waals surface area contributed by atoms with Gasteiger partial charge in [-0.05, 0) is 57.7 Å². The van der Waals surface area contributed by atoms with Gasteiger partial charge >= 0.3 is 0 Å². The molecule has 0 aromatic rings. The molecule has 1 saturated carbocycles. The number of carbonyl (C=O) groups excluding carboxylic acids is 1. The molecule has 3 aliphatic rings. The standard InChI is InChI=1S/C17H31N3O.ClH/c1-2-20(16-6-4-3-5-7-16)17(21)13-19-9-8-14-10-18-11-15(14)12-19;/h14-16,18H,2-13H2,1H3;1H. The fraction of sp³-hybridized carbons (Fsp3) is 0.941. The van der Waals surface area contributed by atoms with Crippen molar-refractivity contribution in [2.75, 3.05) is 39.3 Å². The molecule has 2 heterocycles. The van der Waals surface area contributed by atoms with Crippen LogP contribution in [0.2, 0.25) is 0 Å². The average molecular weight is 330 g/mol. The van der Waals surface area contributed by atoms with Crippen molar-refractivity contribution in [3.8, 4) is 0 Å². The van der Waals surface area contributed by atoms with Crippen LogP contribution >= 0.6 is 12.4 Å². The molecule has 0 radical (unpaired) electrons. The Bertz CT molecular complexity index is 360. The summed E-state index contributed by atoms with van der Waals surface area (Å²) in [4.78, 5) is 17.3. The number of likely N-dealkylation sites (N-methyl/N-ethyl adjacent to an activating group) is 1. The molecule has 0 spiro atoms. The summed E-state index contributed by atoms with van der Waals surface area (Å²) >= 11 is 0. The summed E-state index contributed by atoms with van der Waals surface area (Å²) < 4.78 is 0. The Kier molecular flexibility index (Phi) is 6.97. The largest absolute Gasteiger partial charge is 0.339 e. The van der Waals surface area contributed by atoms with E-state index in [1.807, 2.05) is 0 Å². The van der Waals surface area contributed by atoms with Crippen LogP contribution in [-0.4, -0.2) is 61.0 Å². The third kappa shape index (κ3) is 4.15. The highest BCUT2D eigenvalue weighted by molar-refractivity contribution is 5.85. The van der Waals surface area contributed by atoms with Crippen molar-refractivity contribution in [3.63, 3.8) is 0 Å². The van der Waals surface area contributed by atoms with Crippen LogP contribution in [0.4, 0.5) is 0 Å². The summed E-state index contributed by atoms with van der Waals surface area (Å²) in [5.41, 5.74) is 0. The molecule has 2 atom stereocenters. The van der Waals surface area contributed by atoms with Gasteiger partial charge < -0.3 is 10.2 Å². The summed E-state index contributed by atoms with van der Waals surface area (Å²) in [5.74, 6) is 2.00. The van der Waals surface area contributed by atoms with E-state index in [0.29, 0.717) is 18.5 Å². The molecular formula is C17H32ClN3O. The van der Waals surface area contributed by atoms with Gasteiger partial charge in [0, 0.05) is 19.1 Å². The maximum absolute atomic E-state index is 12.7. The molecule has 1 amide bonds. The maximum Gasteiger partial charge on any atom is 0.236 e. The second-order valence-electron chi connectivity index (χ2n) is 7.17. The molecule has 2 aliphatic heterocycles. The highest BCUT2D eigenvalue weighted by atomic mass is 35.5. The Morgan fingerprint density at radius 1 is 1.14 bits per heavy atom. The number of nitrogens with zero attached hydrogens (tertiary/aromatic N) is 2. The molecule has 5 heteroatoms. The number of amides is 1. The van der Waals surface area contributed by atoms with Crippen LogP contribution in [0, 0.1) is 11.8 Å². The van der Waals surface area contributed by atoms with Gasteiger partial charge in [0.1, 0.15) is 0 Å². The number of carbonyl (C=O) groups is 1. The first-order valence-electron chi connectivity index (χ1n) is 9.00. The monoisotopic (exact) mass is 329 g/mol. The number of hydrogen-bond acceptors (Lipinski definition) is 3. The van der Waals surface area contributed by atoms with E-state index in [2.05, 4.69) is 22.0 Å². The van der Waals surface area contributed by atoms with E-state index in [4.69, 9.17) is 0 Å². The predicted octanol–water partition coefficient (Wildman–Crippen LogP) is 2.13.